The fourth-order valence-corrected chi connectivity index (χ4v) is 8.09. The first kappa shape index (κ1) is 35.0. The molecule has 4 bridgehead atoms. The van der Waals surface area contributed by atoms with E-state index in [2.05, 4.69) is 20.4 Å². The number of likely N-dealkylation sites (N-methyl/N-ethyl adjacent to an activating group) is 1. The number of fused-ring (bicyclic) bond motifs is 6. The average Bonchev–Trinajstić information content (AvgIpc) is 3.86. The van der Waals surface area contributed by atoms with Crippen LogP contribution in [0, 0.1) is 18.6 Å². The smallest absolute Gasteiger partial charge is 0.245 e. The molecule has 9 rings (SSSR count). The van der Waals surface area contributed by atoms with Crippen molar-refractivity contribution in [2.45, 2.75) is 63.1 Å². The van der Waals surface area contributed by atoms with Gasteiger partial charge < -0.3 is 33.9 Å². The Balaban J connectivity index is 1.10. The van der Waals surface area contributed by atoms with E-state index in [1.807, 2.05) is 34.6 Å². The summed E-state index contributed by atoms with van der Waals surface area (Å²) in [5.74, 6) is 1.21. The van der Waals surface area contributed by atoms with Crippen molar-refractivity contribution in [3.63, 3.8) is 0 Å². The number of ether oxygens (including phenoxy) is 3. The van der Waals surface area contributed by atoms with E-state index < -0.39 is 23.8 Å². The maximum Gasteiger partial charge on any atom is 0.245 e. The van der Waals surface area contributed by atoms with Crippen molar-refractivity contribution in [3.05, 3.63) is 78.5 Å². The number of nitrogens with zero attached hydrogens (tertiary/aromatic N) is 9. The molecule has 1 saturated carbocycles. The molecule has 6 aromatic rings. The maximum absolute atomic E-state index is 15.0. The number of methoxy groups -OCH3 is 2. The summed E-state index contributed by atoms with van der Waals surface area (Å²) in [6.45, 7) is 2.94. The molecule has 1 N–H and O–H groups in total. The van der Waals surface area contributed by atoms with E-state index in [1.165, 1.54) is 30.6 Å². The second-order valence-corrected chi connectivity index (χ2v) is 14.5. The number of rotatable bonds is 6. The van der Waals surface area contributed by atoms with Crippen LogP contribution in [0.3, 0.4) is 0 Å². The fraction of sp³-hybridized carbons (Fsp3) is 0.385. The van der Waals surface area contributed by atoms with Gasteiger partial charge in [0.05, 0.1) is 47.1 Å². The van der Waals surface area contributed by atoms with E-state index in [4.69, 9.17) is 24.2 Å². The predicted octanol–water partition coefficient (Wildman–Crippen LogP) is 4.92. The second-order valence-electron chi connectivity index (χ2n) is 14.5. The monoisotopic (exact) mass is 750 g/mol. The molecule has 0 radical (unpaired) electrons. The molecule has 14 nitrogen and oxygen atoms in total. The third-order valence-electron chi connectivity index (χ3n) is 11.0. The number of carbonyl (C=O) groups is 1. The lowest BCUT2D eigenvalue weighted by Crippen LogP contribution is -2.47. The van der Waals surface area contributed by atoms with Gasteiger partial charge in [-0.05, 0) is 43.7 Å². The molecule has 1 saturated heterocycles. The van der Waals surface area contributed by atoms with Gasteiger partial charge in [0.1, 0.15) is 59.0 Å². The van der Waals surface area contributed by atoms with Crippen LogP contribution in [0.4, 0.5) is 20.4 Å². The summed E-state index contributed by atoms with van der Waals surface area (Å²) in [6.07, 6.45) is 4.56. The highest BCUT2D eigenvalue weighted by Crippen LogP contribution is 2.37. The van der Waals surface area contributed by atoms with Gasteiger partial charge in [-0.2, -0.15) is 5.10 Å². The van der Waals surface area contributed by atoms with Gasteiger partial charge in [0.2, 0.25) is 5.91 Å². The molecule has 0 spiro atoms. The van der Waals surface area contributed by atoms with Crippen molar-refractivity contribution in [1.29, 1.82) is 0 Å². The number of hydrogen-bond donors (Lipinski definition) is 1. The molecule has 1 amide bonds. The Morgan fingerprint density at radius 1 is 0.891 bits per heavy atom. The molecular weight excluding hydrogens is 710 g/mol. The summed E-state index contributed by atoms with van der Waals surface area (Å²) in [5.41, 5.74) is 3.47. The number of nitrogens with one attached hydrogen (secondary N) is 1. The van der Waals surface area contributed by atoms with E-state index in [1.54, 1.807) is 43.1 Å². The minimum absolute atomic E-state index is 0.110. The third-order valence-corrected chi connectivity index (χ3v) is 11.0. The minimum atomic E-state index is -0.611. The molecule has 284 valence electrons. The molecule has 2 fully saturated rings. The zero-order valence-corrected chi connectivity index (χ0v) is 30.8. The van der Waals surface area contributed by atoms with Gasteiger partial charge in [-0.25, -0.2) is 33.4 Å². The van der Waals surface area contributed by atoms with Gasteiger partial charge in [-0.1, -0.05) is 6.07 Å². The van der Waals surface area contributed by atoms with Crippen molar-refractivity contribution in [2.24, 2.45) is 0 Å². The van der Waals surface area contributed by atoms with Crippen LogP contribution in [0.25, 0.3) is 39.0 Å². The summed E-state index contributed by atoms with van der Waals surface area (Å²) in [5, 5.41) is 8.85. The molecule has 3 aliphatic rings. The van der Waals surface area contributed by atoms with E-state index >= 15 is 4.39 Å². The van der Waals surface area contributed by atoms with E-state index in [-0.39, 0.29) is 30.7 Å². The van der Waals surface area contributed by atoms with E-state index in [0.29, 0.717) is 89.1 Å². The van der Waals surface area contributed by atoms with Gasteiger partial charge in [0.25, 0.3) is 0 Å². The summed E-state index contributed by atoms with van der Waals surface area (Å²) < 4.78 is 50.8. The number of carbonyl (C=O) groups excluding carboxylic acids is 1. The van der Waals surface area contributed by atoms with Crippen molar-refractivity contribution < 1.29 is 27.8 Å². The largest absolute Gasteiger partial charge is 0.488 e. The third kappa shape index (κ3) is 6.28. The van der Waals surface area contributed by atoms with E-state index in [0.717, 1.165) is 5.52 Å². The predicted molar refractivity (Wildman–Crippen MR) is 200 cm³/mol. The van der Waals surface area contributed by atoms with Crippen LogP contribution in [0.2, 0.25) is 0 Å². The van der Waals surface area contributed by atoms with Gasteiger partial charge in [0.15, 0.2) is 5.65 Å². The average molecular weight is 751 g/mol. The minimum Gasteiger partial charge on any atom is -0.488 e. The van der Waals surface area contributed by atoms with Crippen LogP contribution < -0.4 is 15.0 Å². The molecule has 16 heteroatoms. The Labute approximate surface area is 315 Å². The van der Waals surface area contributed by atoms with Crippen molar-refractivity contribution in [3.8, 4) is 22.7 Å². The number of benzene rings is 2. The standard InChI is InChI=1S/C39H40F2N10O4/c1-21-45-31-11-23(41)10-28-30-6-5-7-35(47-30)46-24-13-33(39(52)48(2)18-27(54-4)19-49(21)36(28)31)50(17-24)37-29-16-44-51(38(29)43-20-42-37)32-9-8-22(40)12-34(32)55-26-14-25(15-26)53-3/h5-12,16,20,24-27,33H,13-15,17-19H2,1-4H3,(H,46,47)/t24-,25?,26?,27-,33-/m0/s1. The van der Waals surface area contributed by atoms with Crippen LogP contribution in [0.5, 0.6) is 5.75 Å². The lowest BCUT2D eigenvalue weighted by Gasteiger charge is -2.34. The molecule has 0 unspecified atom stereocenters. The Kier molecular flexibility index (Phi) is 8.80. The Morgan fingerprint density at radius 3 is 2.55 bits per heavy atom. The number of pyridine rings is 1. The lowest BCUT2D eigenvalue weighted by atomic mass is 9.92. The first-order valence-corrected chi connectivity index (χ1v) is 18.3. The highest BCUT2D eigenvalue weighted by Gasteiger charge is 2.41. The van der Waals surface area contributed by atoms with E-state index in [9.17, 15) is 9.18 Å². The summed E-state index contributed by atoms with van der Waals surface area (Å²) in [6, 6.07) is 12.0. The fourth-order valence-electron chi connectivity index (χ4n) is 8.09. The quantitative estimate of drug-likeness (QED) is 0.249. The number of hydrogen-bond acceptors (Lipinski definition) is 11. The number of halogens is 2. The summed E-state index contributed by atoms with van der Waals surface area (Å²) in [7, 11) is 5.06. The molecule has 2 aromatic carbocycles. The van der Waals surface area contributed by atoms with Gasteiger partial charge >= 0.3 is 0 Å². The van der Waals surface area contributed by atoms with Crippen molar-refractivity contribution in [2.75, 3.05) is 44.6 Å². The van der Waals surface area contributed by atoms with Crippen LogP contribution in [-0.4, -0.2) is 110 Å². The summed E-state index contributed by atoms with van der Waals surface area (Å²) in [4.78, 5) is 37.1. The van der Waals surface area contributed by atoms with Crippen molar-refractivity contribution in [1.82, 2.24) is 39.2 Å². The number of aryl methyl sites for hydroxylation is 1. The Bertz CT molecular complexity index is 2430. The number of imidazole rings is 1. The van der Waals surface area contributed by atoms with Crippen LogP contribution in [-0.2, 0) is 20.8 Å². The first-order chi connectivity index (χ1) is 26.7. The molecule has 1 aliphatic carbocycles. The van der Waals surface area contributed by atoms with Gasteiger partial charge in [0, 0.05) is 70.9 Å². The lowest BCUT2D eigenvalue weighted by molar-refractivity contribution is -0.132. The van der Waals surface area contributed by atoms with Crippen LogP contribution in [0.1, 0.15) is 25.1 Å². The zero-order chi connectivity index (χ0) is 38.0. The van der Waals surface area contributed by atoms with Gasteiger partial charge in [-0.3, -0.25) is 4.79 Å². The molecular formula is C39H40F2N10O4. The topological polar surface area (TPSA) is 138 Å². The zero-order valence-electron chi connectivity index (χ0n) is 30.8. The van der Waals surface area contributed by atoms with Crippen LogP contribution in [0.15, 0.2) is 61.1 Å². The first-order valence-electron chi connectivity index (χ1n) is 18.3. The molecule has 55 heavy (non-hydrogen) atoms. The molecule has 3 atom stereocenters. The number of aromatic nitrogens is 7. The highest BCUT2D eigenvalue weighted by molar-refractivity contribution is 5.94. The van der Waals surface area contributed by atoms with Crippen molar-refractivity contribution >= 4 is 39.6 Å². The maximum atomic E-state index is 15.0. The number of amides is 1. The normalized spacial score (nSPS) is 22.7. The van der Waals surface area contributed by atoms with Gasteiger partial charge in [-0.15, -0.1) is 0 Å². The number of anilines is 2. The second kappa shape index (κ2) is 13.8. The molecule has 2 aliphatic heterocycles. The summed E-state index contributed by atoms with van der Waals surface area (Å²) >= 11 is 0. The highest BCUT2D eigenvalue weighted by atomic mass is 19.1. The van der Waals surface area contributed by atoms with Crippen LogP contribution >= 0.6 is 0 Å². The Hall–Kier alpha value is -5.74. The molecule has 4 aromatic heterocycles. The molecule has 6 heterocycles. The Morgan fingerprint density at radius 2 is 1.73 bits per heavy atom. The SMILES string of the molecule is COC1CC(Oc2cc(F)ccc2-n2ncc3c(N4C[C@@H]5C[C@H]4C(=O)N(C)C[C@H](OC)Cn4c(C)nc6cc(F)cc(c64)-c4cccc(n4)N5)ncnc32)C1.